The number of hydrogen-bond donors (Lipinski definition) is 1. The average Bonchev–Trinajstić information content (AvgIpc) is 3.48. The molecule has 5 rings (SSSR count). The molecule has 0 aliphatic heterocycles. The lowest BCUT2D eigenvalue weighted by molar-refractivity contribution is 0.0988. The number of nitrogens with one attached hydrogen (secondary N) is 1. The molecule has 0 saturated carbocycles. The normalized spacial score (nSPS) is 11.3. The van der Waals surface area contributed by atoms with Crippen LogP contribution >= 0.6 is 31.9 Å². The van der Waals surface area contributed by atoms with Crippen LogP contribution in [0.5, 0.6) is 0 Å². The zero-order chi connectivity index (χ0) is 25.7. The second kappa shape index (κ2) is 9.07. The number of aromatic nitrogens is 4. The number of Topliss-reactive ketones (excluding diaryl/α,β-unsaturated/α-hetero) is 1. The molecule has 180 valence electrons. The first kappa shape index (κ1) is 24.0. The van der Waals surface area contributed by atoms with E-state index in [-0.39, 0.29) is 28.8 Å². The fraction of sp³-hybridized carbons (Fsp3) is 0.120. The number of nitrogens with zero attached hydrogens (tertiary/aromatic N) is 4. The summed E-state index contributed by atoms with van der Waals surface area (Å²) in [6, 6.07) is 11.0. The topological polar surface area (TPSA) is 115 Å². The predicted octanol–water partition coefficient (Wildman–Crippen LogP) is 3.96. The summed E-state index contributed by atoms with van der Waals surface area (Å²) < 4.78 is 3.57. The Hall–Kier alpha value is -3.70. The maximum Gasteiger partial charge on any atom is 0.283 e. The van der Waals surface area contributed by atoms with Gasteiger partial charge in [-0.2, -0.15) is 0 Å². The van der Waals surface area contributed by atoms with Gasteiger partial charge in [-0.25, -0.2) is 9.97 Å². The van der Waals surface area contributed by atoms with E-state index in [9.17, 15) is 19.2 Å². The van der Waals surface area contributed by atoms with Gasteiger partial charge in [0.2, 0.25) is 0 Å². The van der Waals surface area contributed by atoms with E-state index < -0.39 is 22.8 Å². The highest BCUT2D eigenvalue weighted by Gasteiger charge is 2.25. The molecule has 0 spiro atoms. The van der Waals surface area contributed by atoms with Crippen LogP contribution in [0.3, 0.4) is 0 Å². The molecule has 0 saturated heterocycles. The summed E-state index contributed by atoms with van der Waals surface area (Å²) in [6.45, 7) is 3.71. The summed E-state index contributed by atoms with van der Waals surface area (Å²) in [4.78, 5) is 60.9. The molecule has 0 radical (unpaired) electrons. The van der Waals surface area contributed by atoms with Gasteiger partial charge in [0.25, 0.3) is 17.0 Å². The molecule has 1 amide bonds. The molecule has 5 aromatic rings. The van der Waals surface area contributed by atoms with Gasteiger partial charge >= 0.3 is 0 Å². The number of imidazole rings is 2. The number of aryl methyl sites for hydroxylation is 2. The smallest absolute Gasteiger partial charge is 0.283 e. The van der Waals surface area contributed by atoms with Gasteiger partial charge in [0, 0.05) is 21.1 Å². The monoisotopic (exact) mass is 609 g/mol. The molecular weight excluding hydrogens is 594 g/mol. The minimum atomic E-state index is -0.677. The van der Waals surface area contributed by atoms with Crippen LogP contribution in [-0.2, 0) is 6.42 Å². The molecule has 0 bridgehead atoms. The van der Waals surface area contributed by atoms with Crippen LogP contribution < -0.4 is 16.4 Å². The molecule has 0 fully saturated rings. The molecule has 36 heavy (non-hydrogen) atoms. The molecule has 1 N–H and O–H groups in total. The second-order valence-electron chi connectivity index (χ2n) is 8.32. The van der Waals surface area contributed by atoms with E-state index in [2.05, 4.69) is 47.1 Å². The third-order valence-corrected chi connectivity index (χ3v) is 6.95. The number of hydrogen-bond acceptors (Lipinski definition) is 6. The summed E-state index contributed by atoms with van der Waals surface area (Å²) >= 11 is 6.76. The Morgan fingerprint density at radius 3 is 2.06 bits per heavy atom. The number of amides is 1. The Bertz CT molecular complexity index is 1690. The zero-order valence-electron chi connectivity index (χ0n) is 19.0. The van der Waals surface area contributed by atoms with Crippen LogP contribution in [0, 0.1) is 13.8 Å². The van der Waals surface area contributed by atoms with Gasteiger partial charge in [0.15, 0.2) is 11.5 Å². The van der Waals surface area contributed by atoms with E-state index in [0.717, 1.165) is 47.1 Å². The predicted molar refractivity (Wildman–Crippen MR) is 141 cm³/mol. The molecule has 0 aliphatic carbocycles. The van der Waals surface area contributed by atoms with E-state index in [4.69, 9.17) is 0 Å². The number of rotatable bonds is 5. The van der Waals surface area contributed by atoms with Crippen molar-refractivity contribution in [2.75, 3.05) is 5.32 Å². The molecule has 0 aliphatic rings. The van der Waals surface area contributed by atoms with E-state index >= 15 is 0 Å². The lowest BCUT2D eigenvalue weighted by atomic mass is 10.0. The third kappa shape index (κ3) is 4.03. The standard InChI is InChI=1S/C25H17Br2N5O4/c1-12-3-5-15(26)7-14(12)8-18(33)19-21-24(35)32-11-29-20(22(32)25(36)31(21)10-28-19)23(34)30-17-9-16(27)6-4-13(17)2/h3-7,9-11H,8H2,1-2H3,(H,30,34). The SMILES string of the molecule is Cc1ccc(Br)cc1CC(=O)c1ncn2c(=O)c3c(C(=O)Nc4cc(Br)ccc4C)ncn3c(=O)c12. The van der Waals surface area contributed by atoms with Crippen LogP contribution in [0.15, 0.2) is 67.6 Å². The Balaban J connectivity index is 1.58. The van der Waals surface area contributed by atoms with Crippen molar-refractivity contribution in [2.45, 2.75) is 20.3 Å². The fourth-order valence-electron chi connectivity index (χ4n) is 4.01. The van der Waals surface area contributed by atoms with Gasteiger partial charge in [0.1, 0.15) is 29.4 Å². The summed E-state index contributed by atoms with van der Waals surface area (Å²) in [5.74, 6) is -1.05. The minimum absolute atomic E-state index is 0.00713. The maximum absolute atomic E-state index is 13.3. The molecule has 2 aromatic carbocycles. The first-order valence-electron chi connectivity index (χ1n) is 10.8. The van der Waals surface area contributed by atoms with Crippen molar-refractivity contribution in [3.8, 4) is 0 Å². The number of benzene rings is 2. The van der Waals surface area contributed by atoms with E-state index in [0.29, 0.717) is 5.69 Å². The van der Waals surface area contributed by atoms with Gasteiger partial charge in [-0.1, -0.05) is 44.0 Å². The number of fused-ring (bicyclic) bond motifs is 2. The molecule has 3 aromatic heterocycles. The third-order valence-electron chi connectivity index (χ3n) is 5.97. The Morgan fingerprint density at radius 2 is 1.39 bits per heavy atom. The van der Waals surface area contributed by atoms with Crippen molar-refractivity contribution >= 4 is 60.3 Å². The van der Waals surface area contributed by atoms with Gasteiger partial charge in [0.05, 0.1) is 0 Å². The maximum atomic E-state index is 13.3. The van der Waals surface area contributed by atoms with Crippen molar-refractivity contribution < 1.29 is 9.59 Å². The summed E-state index contributed by atoms with van der Waals surface area (Å²) in [7, 11) is 0. The van der Waals surface area contributed by atoms with Crippen LogP contribution in [0.1, 0.15) is 37.7 Å². The number of ketones is 1. The van der Waals surface area contributed by atoms with E-state index in [1.807, 2.05) is 44.2 Å². The summed E-state index contributed by atoms with van der Waals surface area (Å²) in [5.41, 5.74) is 1.02. The van der Waals surface area contributed by atoms with Crippen molar-refractivity contribution in [2.24, 2.45) is 0 Å². The highest BCUT2D eigenvalue weighted by molar-refractivity contribution is 9.10. The quantitative estimate of drug-likeness (QED) is 0.301. The van der Waals surface area contributed by atoms with Gasteiger partial charge in [-0.15, -0.1) is 0 Å². The lowest BCUT2D eigenvalue weighted by Crippen LogP contribution is -2.28. The minimum Gasteiger partial charge on any atom is -0.320 e. The number of carbonyl (C=O) groups is 2. The average molecular weight is 611 g/mol. The summed E-state index contributed by atoms with van der Waals surface area (Å²) in [5, 5.41) is 2.73. The van der Waals surface area contributed by atoms with Gasteiger partial charge in [-0.05, 0) is 54.8 Å². The molecule has 9 nitrogen and oxygen atoms in total. The van der Waals surface area contributed by atoms with Crippen molar-refractivity contribution in [3.63, 3.8) is 0 Å². The van der Waals surface area contributed by atoms with Crippen molar-refractivity contribution in [1.29, 1.82) is 0 Å². The Morgan fingerprint density at radius 1 is 0.833 bits per heavy atom. The second-order valence-corrected chi connectivity index (χ2v) is 10.1. The number of halogens is 2. The van der Waals surface area contributed by atoms with Gasteiger partial charge < -0.3 is 5.32 Å². The lowest BCUT2D eigenvalue weighted by Gasteiger charge is -2.08. The molecule has 0 unspecified atom stereocenters. The number of anilines is 1. The van der Waals surface area contributed by atoms with Crippen molar-refractivity contribution in [1.82, 2.24) is 18.8 Å². The van der Waals surface area contributed by atoms with Crippen LogP contribution in [0.2, 0.25) is 0 Å². The molecular formula is C25H17Br2N5O4. The van der Waals surface area contributed by atoms with Crippen LogP contribution in [-0.4, -0.2) is 30.5 Å². The highest BCUT2D eigenvalue weighted by Crippen LogP contribution is 2.22. The molecule has 3 heterocycles. The largest absolute Gasteiger partial charge is 0.320 e. The van der Waals surface area contributed by atoms with E-state index in [1.54, 1.807) is 6.07 Å². The Kier molecular flexibility index (Phi) is 6.05. The zero-order valence-corrected chi connectivity index (χ0v) is 22.2. The van der Waals surface area contributed by atoms with Crippen LogP contribution in [0.4, 0.5) is 5.69 Å². The van der Waals surface area contributed by atoms with Crippen LogP contribution in [0.25, 0.3) is 11.0 Å². The molecule has 11 heteroatoms. The van der Waals surface area contributed by atoms with Gasteiger partial charge in [-0.3, -0.25) is 28.0 Å². The van der Waals surface area contributed by atoms with Crippen molar-refractivity contribution in [3.05, 3.63) is 107 Å². The Labute approximate surface area is 220 Å². The summed E-state index contributed by atoms with van der Waals surface area (Å²) in [6.07, 6.45) is 2.25. The first-order valence-corrected chi connectivity index (χ1v) is 12.3. The van der Waals surface area contributed by atoms with E-state index in [1.165, 1.54) is 0 Å². The number of carbonyl (C=O) groups excluding carboxylic acids is 2. The molecule has 0 atom stereocenters. The first-order chi connectivity index (χ1) is 17.2. The highest BCUT2D eigenvalue weighted by atomic mass is 79.9. The fourth-order valence-corrected chi connectivity index (χ4v) is 4.78.